The van der Waals surface area contributed by atoms with Crippen molar-refractivity contribution < 1.29 is 36.0 Å². The molecule has 0 saturated carbocycles. The van der Waals surface area contributed by atoms with E-state index < -0.39 is 0 Å². The molecule has 2 heterocycles. The summed E-state index contributed by atoms with van der Waals surface area (Å²) in [6.45, 7) is 17.1. The minimum atomic E-state index is 0.312. The zero-order valence-corrected chi connectivity index (χ0v) is 29.2. The second kappa shape index (κ2) is 24.4. The molecular weight excluding hydrogens is 603 g/mol. The van der Waals surface area contributed by atoms with Crippen molar-refractivity contribution >= 4 is 29.5 Å². The molecule has 2 saturated heterocycles. The van der Waals surface area contributed by atoms with Crippen LogP contribution in [0, 0.1) is 11.8 Å². The van der Waals surface area contributed by atoms with E-state index in [-0.39, 0.29) is 0 Å². The molecule has 247 valence electrons. The molecule has 1 unspecified atom stereocenters. The van der Waals surface area contributed by atoms with Crippen molar-refractivity contribution in [2.75, 3.05) is 52.3 Å². The molecule has 9 heteroatoms. The Bertz CT molecular complexity index is 1110. The minimum Gasteiger partial charge on any atom is -0.307 e. The van der Waals surface area contributed by atoms with Crippen molar-refractivity contribution in [2.45, 2.75) is 58.4 Å². The second-order valence-electron chi connectivity index (χ2n) is 10.6. The van der Waals surface area contributed by atoms with Crippen molar-refractivity contribution in [3.8, 4) is 0 Å². The normalized spacial score (nSPS) is 16.3. The zero-order valence-electron chi connectivity index (χ0n) is 27.8. The number of anilines is 1. The van der Waals surface area contributed by atoms with Crippen LogP contribution >= 0.6 is 0 Å². The molecule has 2 N–H and O–H groups in total. The maximum absolute atomic E-state index is 8.00. The van der Waals surface area contributed by atoms with Gasteiger partial charge in [-0.05, 0) is 17.7 Å². The summed E-state index contributed by atoms with van der Waals surface area (Å²) in [4.78, 5) is 23.4. The Hall–Kier alpha value is -2.88. The second-order valence-corrected chi connectivity index (χ2v) is 11.4. The van der Waals surface area contributed by atoms with Crippen LogP contribution in [0.5, 0.6) is 0 Å². The number of hydrogen-bond donors (Lipinski definition) is 2. The molecule has 0 amide bonds. The number of piperidine rings is 1. The van der Waals surface area contributed by atoms with Crippen LogP contribution < -0.4 is 10.6 Å². The SMILES string of the molecule is C=C(Cc1ccc(NC)cc1)N=C(OC)C1CCN(CCC(N[C](=[V])C2CCOCC2)c2ccccc2)CC1.C=O.C=O.CC. The Kier molecular flexibility index (Phi) is 21.7. The Balaban J connectivity index is 0.00000159. The van der Waals surface area contributed by atoms with Crippen molar-refractivity contribution in [3.05, 3.63) is 78.0 Å². The van der Waals surface area contributed by atoms with E-state index in [1.807, 2.05) is 34.5 Å². The van der Waals surface area contributed by atoms with Gasteiger partial charge in [-0.3, -0.25) is 0 Å². The van der Waals surface area contributed by atoms with E-state index in [2.05, 4.69) is 93.7 Å². The van der Waals surface area contributed by atoms with Gasteiger partial charge in [-0.1, -0.05) is 32.6 Å². The number of aliphatic imine (C=N–C) groups is 1. The summed E-state index contributed by atoms with van der Waals surface area (Å²) in [5.74, 6) is 1.75. The van der Waals surface area contributed by atoms with Gasteiger partial charge in [0.05, 0.1) is 0 Å². The summed E-state index contributed by atoms with van der Waals surface area (Å²) in [7, 11) is 3.67. The van der Waals surface area contributed by atoms with Gasteiger partial charge >= 0.3 is 183 Å². The van der Waals surface area contributed by atoms with Crippen LogP contribution in [-0.2, 0) is 42.5 Å². The quantitative estimate of drug-likeness (QED) is 0.213. The maximum Gasteiger partial charge on any atom is 0.106 e. The van der Waals surface area contributed by atoms with Gasteiger partial charge in [0, 0.05) is 19.2 Å². The standard InChI is InChI=1S/C32H44N4O2.C2H6.2CH2O.V/c1-25(23-26-9-11-30(33-2)12-10-26)35-32(37-3)29-13-18-36(19-14-29)20-15-31(28-7-5-4-6-8-28)34-24-27-16-21-38-22-17-27;3*1-2;/h4-12,27,29,31,33-34H,1,13-23H2,2-3H3;1-2H3;2*1H2;. The molecule has 2 fully saturated rings. The Labute approximate surface area is 280 Å². The van der Waals surface area contributed by atoms with Gasteiger partial charge in [0.25, 0.3) is 0 Å². The van der Waals surface area contributed by atoms with Gasteiger partial charge in [0.15, 0.2) is 0 Å². The van der Waals surface area contributed by atoms with Gasteiger partial charge in [-0.2, -0.15) is 0 Å². The third-order valence-corrected chi connectivity index (χ3v) is 8.70. The summed E-state index contributed by atoms with van der Waals surface area (Å²) < 4.78 is 12.7. The van der Waals surface area contributed by atoms with Gasteiger partial charge in [0.1, 0.15) is 13.6 Å². The first kappa shape index (κ1) is 40.1. The molecule has 0 bridgehead atoms. The van der Waals surface area contributed by atoms with E-state index in [1.165, 1.54) is 15.5 Å². The van der Waals surface area contributed by atoms with Crippen LogP contribution in [0.1, 0.15) is 63.1 Å². The van der Waals surface area contributed by atoms with Crippen LogP contribution in [0.2, 0.25) is 0 Å². The van der Waals surface area contributed by atoms with Gasteiger partial charge in [-0.15, -0.1) is 0 Å². The van der Waals surface area contributed by atoms with Crippen molar-refractivity contribution in [3.63, 3.8) is 0 Å². The first-order valence-corrected chi connectivity index (χ1v) is 16.6. The van der Waals surface area contributed by atoms with Gasteiger partial charge in [-0.25, -0.2) is 0 Å². The largest absolute Gasteiger partial charge is 0.307 e. The third kappa shape index (κ3) is 14.4. The fourth-order valence-electron chi connectivity index (χ4n) is 5.51. The summed E-state index contributed by atoms with van der Waals surface area (Å²) in [6.07, 6.45) is 6.13. The monoisotopic (exact) mass is 657 g/mol. The number of likely N-dealkylation sites (tertiary alicyclic amines) is 1. The van der Waals surface area contributed by atoms with Crippen LogP contribution in [-0.4, -0.2) is 75.7 Å². The molecule has 0 aliphatic carbocycles. The maximum atomic E-state index is 8.00. The number of methoxy groups -OCH3 is 1. The average molecular weight is 658 g/mol. The molecule has 2 aliphatic rings. The number of nitrogens with one attached hydrogen (secondary N) is 2. The fourth-order valence-corrected chi connectivity index (χ4v) is 6.16. The molecule has 4 rings (SSSR count). The van der Waals surface area contributed by atoms with Gasteiger partial charge < -0.3 is 14.9 Å². The van der Waals surface area contributed by atoms with E-state index in [4.69, 9.17) is 24.1 Å². The predicted octanol–water partition coefficient (Wildman–Crippen LogP) is 6.02. The number of hydrogen-bond acceptors (Lipinski definition) is 8. The molecule has 0 aromatic heterocycles. The van der Waals surface area contributed by atoms with E-state index in [0.717, 1.165) is 88.7 Å². The topological polar surface area (TPSA) is 92.3 Å². The molecule has 0 radical (unpaired) electrons. The summed E-state index contributed by atoms with van der Waals surface area (Å²) in [5.41, 5.74) is 4.52. The minimum absolute atomic E-state index is 0.312. The summed E-state index contributed by atoms with van der Waals surface area (Å²) in [5, 5.41) is 7.04. The molecule has 2 aliphatic heterocycles. The predicted molar refractivity (Wildman–Crippen MR) is 184 cm³/mol. The van der Waals surface area contributed by atoms with Crippen molar-refractivity contribution in [1.29, 1.82) is 0 Å². The smallest absolute Gasteiger partial charge is 0.106 e. The van der Waals surface area contributed by atoms with Gasteiger partial charge in [0.2, 0.25) is 0 Å². The molecule has 0 spiro atoms. The number of allylic oxidation sites excluding steroid dienone is 1. The van der Waals surface area contributed by atoms with Crippen LogP contribution in [0.4, 0.5) is 5.69 Å². The summed E-state index contributed by atoms with van der Waals surface area (Å²) in [6, 6.07) is 19.6. The number of rotatable bonds is 12. The van der Waals surface area contributed by atoms with Crippen LogP contribution in [0.3, 0.4) is 0 Å². The first-order chi connectivity index (χ1) is 22.1. The third-order valence-electron chi connectivity index (χ3n) is 7.93. The Morgan fingerprint density at radius 2 is 1.58 bits per heavy atom. The number of benzene rings is 2. The van der Waals surface area contributed by atoms with E-state index in [1.54, 1.807) is 7.11 Å². The number of carbonyl (C=O) groups excluding carboxylic acids is 2. The van der Waals surface area contributed by atoms with E-state index in [0.29, 0.717) is 17.9 Å². The van der Waals surface area contributed by atoms with Crippen molar-refractivity contribution in [2.24, 2.45) is 16.8 Å². The van der Waals surface area contributed by atoms with Crippen LogP contribution in [0.15, 0.2) is 71.9 Å². The molecule has 1 atom stereocenters. The van der Waals surface area contributed by atoms with Crippen molar-refractivity contribution in [1.82, 2.24) is 10.2 Å². The Morgan fingerprint density at radius 3 is 2.13 bits per heavy atom. The molecule has 2 aromatic rings. The van der Waals surface area contributed by atoms with E-state index in [9.17, 15) is 0 Å². The molecule has 45 heavy (non-hydrogen) atoms. The molecular formula is C36H54N4O4V. The Morgan fingerprint density at radius 1 is 0.978 bits per heavy atom. The first-order valence-electron chi connectivity index (χ1n) is 15.9. The van der Waals surface area contributed by atoms with Crippen LogP contribution in [0.25, 0.3) is 0 Å². The zero-order chi connectivity index (χ0) is 33.5. The van der Waals surface area contributed by atoms with E-state index >= 15 is 0 Å². The average Bonchev–Trinajstić information content (AvgIpc) is 3.13. The molecule has 8 nitrogen and oxygen atoms in total. The number of nitrogens with zero attached hydrogens (tertiary/aromatic N) is 2. The fraction of sp³-hybridized carbons (Fsp3) is 0.500. The summed E-state index contributed by atoms with van der Waals surface area (Å²) >= 11 is 2.81. The number of carbonyl (C=O) groups is 2. The molecule has 2 aromatic carbocycles. The number of ether oxygens (including phenoxy) is 2.